The van der Waals surface area contributed by atoms with E-state index in [2.05, 4.69) is 21.2 Å². The Balaban J connectivity index is 1.73. The van der Waals surface area contributed by atoms with Crippen molar-refractivity contribution in [3.05, 3.63) is 98.5 Å². The molecule has 1 amide bonds. The van der Waals surface area contributed by atoms with E-state index in [0.29, 0.717) is 28.6 Å². The minimum Gasteiger partial charge on any atom is -0.488 e. The van der Waals surface area contributed by atoms with Crippen LogP contribution in [-0.4, -0.2) is 5.91 Å². The van der Waals surface area contributed by atoms with Gasteiger partial charge in [-0.2, -0.15) is 5.26 Å². The molecule has 0 aliphatic carbocycles. The summed E-state index contributed by atoms with van der Waals surface area (Å²) in [4.78, 5) is 12.6. The highest BCUT2D eigenvalue weighted by Crippen LogP contribution is 2.28. The minimum absolute atomic E-state index is 0.0189. The molecule has 0 saturated heterocycles. The van der Waals surface area contributed by atoms with E-state index in [1.807, 2.05) is 61.5 Å². The van der Waals surface area contributed by atoms with Gasteiger partial charge in [-0.1, -0.05) is 54.9 Å². The van der Waals surface area contributed by atoms with Crippen LogP contribution >= 0.6 is 27.5 Å². The summed E-state index contributed by atoms with van der Waals surface area (Å²) in [5.41, 5.74) is 3.40. The standard InChI is InChI=1S/C25H20BrClN2O2/c1-2-19-7-3-4-9-23(19)29-25(30)20(15-28)12-17-10-11-24(22(26)14-17)31-16-18-6-5-8-21(27)13-18/h3-14H,2,16H2,1H3,(H,29,30)/b20-12+. The van der Waals surface area contributed by atoms with Gasteiger partial charge in [0, 0.05) is 10.7 Å². The Hall–Kier alpha value is -3.07. The molecular weight excluding hydrogens is 476 g/mol. The van der Waals surface area contributed by atoms with Crippen LogP contribution in [-0.2, 0) is 17.8 Å². The molecule has 0 aliphatic heterocycles. The Bertz CT molecular complexity index is 1170. The lowest BCUT2D eigenvalue weighted by molar-refractivity contribution is -0.112. The Morgan fingerprint density at radius 1 is 1.16 bits per heavy atom. The summed E-state index contributed by atoms with van der Waals surface area (Å²) in [7, 11) is 0. The molecule has 0 unspecified atom stereocenters. The Kier molecular flexibility index (Phi) is 7.88. The summed E-state index contributed by atoms with van der Waals surface area (Å²) in [6, 6.07) is 22.4. The van der Waals surface area contributed by atoms with Crippen LogP contribution in [0.5, 0.6) is 5.75 Å². The van der Waals surface area contributed by atoms with Crippen LogP contribution < -0.4 is 10.1 Å². The van der Waals surface area contributed by atoms with Crippen molar-refractivity contribution in [2.24, 2.45) is 0 Å². The molecule has 0 fully saturated rings. The predicted molar refractivity (Wildman–Crippen MR) is 128 cm³/mol. The molecular formula is C25H20BrClN2O2. The molecule has 156 valence electrons. The Morgan fingerprint density at radius 3 is 2.68 bits per heavy atom. The van der Waals surface area contributed by atoms with Crippen molar-refractivity contribution in [3.8, 4) is 11.8 Å². The maximum Gasteiger partial charge on any atom is 0.266 e. The van der Waals surface area contributed by atoms with Gasteiger partial charge in [-0.05, 0) is 75.4 Å². The zero-order valence-corrected chi connectivity index (χ0v) is 19.2. The molecule has 0 heterocycles. The highest BCUT2D eigenvalue weighted by molar-refractivity contribution is 9.10. The van der Waals surface area contributed by atoms with Crippen molar-refractivity contribution in [1.82, 2.24) is 0 Å². The quantitative estimate of drug-likeness (QED) is 0.290. The number of hydrogen-bond acceptors (Lipinski definition) is 3. The van der Waals surface area contributed by atoms with E-state index in [1.54, 1.807) is 24.3 Å². The van der Waals surface area contributed by atoms with Gasteiger partial charge < -0.3 is 10.1 Å². The summed E-state index contributed by atoms with van der Waals surface area (Å²) in [6.07, 6.45) is 2.33. The summed E-state index contributed by atoms with van der Waals surface area (Å²) in [5, 5.41) is 13.0. The number of nitrogens with one attached hydrogen (secondary N) is 1. The van der Waals surface area contributed by atoms with Crippen LogP contribution in [0, 0.1) is 11.3 Å². The fraction of sp³-hybridized carbons (Fsp3) is 0.120. The third kappa shape index (κ3) is 6.21. The normalized spacial score (nSPS) is 11.0. The van der Waals surface area contributed by atoms with Crippen LogP contribution in [0.2, 0.25) is 5.02 Å². The number of nitrogens with zero attached hydrogens (tertiary/aromatic N) is 1. The number of carbonyl (C=O) groups is 1. The smallest absolute Gasteiger partial charge is 0.266 e. The molecule has 0 saturated carbocycles. The van der Waals surface area contributed by atoms with Crippen molar-refractivity contribution in [2.75, 3.05) is 5.32 Å². The summed E-state index contributed by atoms with van der Waals surface area (Å²) < 4.78 is 6.57. The molecule has 3 aromatic rings. The lowest BCUT2D eigenvalue weighted by Crippen LogP contribution is -2.14. The van der Waals surface area contributed by atoms with Gasteiger partial charge >= 0.3 is 0 Å². The van der Waals surface area contributed by atoms with Gasteiger partial charge in [0.05, 0.1) is 4.47 Å². The topological polar surface area (TPSA) is 62.1 Å². The SMILES string of the molecule is CCc1ccccc1NC(=O)/C(C#N)=C/c1ccc(OCc2cccc(Cl)c2)c(Br)c1. The van der Waals surface area contributed by atoms with Gasteiger partial charge in [-0.25, -0.2) is 0 Å². The number of para-hydroxylation sites is 1. The lowest BCUT2D eigenvalue weighted by Gasteiger charge is -2.10. The van der Waals surface area contributed by atoms with Crippen LogP contribution in [0.4, 0.5) is 5.69 Å². The molecule has 0 atom stereocenters. The first kappa shape index (κ1) is 22.6. The fourth-order valence-corrected chi connectivity index (χ4v) is 3.69. The van der Waals surface area contributed by atoms with Gasteiger partial charge in [-0.3, -0.25) is 4.79 Å². The number of hydrogen-bond donors (Lipinski definition) is 1. The highest BCUT2D eigenvalue weighted by Gasteiger charge is 2.12. The van der Waals surface area contributed by atoms with Crippen molar-refractivity contribution in [3.63, 3.8) is 0 Å². The molecule has 0 radical (unpaired) electrons. The van der Waals surface area contributed by atoms with E-state index in [1.165, 1.54) is 0 Å². The molecule has 4 nitrogen and oxygen atoms in total. The summed E-state index contributed by atoms with van der Waals surface area (Å²) in [6.45, 7) is 2.39. The molecule has 1 N–H and O–H groups in total. The van der Waals surface area contributed by atoms with Crippen molar-refractivity contribution in [2.45, 2.75) is 20.0 Å². The fourth-order valence-electron chi connectivity index (χ4n) is 2.97. The number of nitriles is 1. The third-order valence-corrected chi connectivity index (χ3v) is 5.42. The second-order valence-corrected chi connectivity index (χ2v) is 8.03. The molecule has 3 rings (SSSR count). The van der Waals surface area contributed by atoms with E-state index >= 15 is 0 Å². The van der Waals surface area contributed by atoms with Crippen molar-refractivity contribution in [1.29, 1.82) is 5.26 Å². The number of halogens is 2. The number of carbonyl (C=O) groups excluding carboxylic acids is 1. The van der Waals surface area contributed by atoms with Crippen LogP contribution in [0.25, 0.3) is 6.08 Å². The molecule has 0 bridgehead atoms. The predicted octanol–water partition coefficient (Wildman–Crippen LogP) is 6.79. The van der Waals surface area contributed by atoms with Crippen LogP contribution in [0.3, 0.4) is 0 Å². The van der Waals surface area contributed by atoms with E-state index in [4.69, 9.17) is 16.3 Å². The Labute approximate surface area is 195 Å². The number of aryl methyl sites for hydroxylation is 1. The van der Waals surface area contributed by atoms with Crippen molar-refractivity contribution < 1.29 is 9.53 Å². The minimum atomic E-state index is -0.444. The van der Waals surface area contributed by atoms with E-state index < -0.39 is 5.91 Å². The summed E-state index contributed by atoms with van der Waals surface area (Å²) >= 11 is 9.50. The van der Waals surface area contributed by atoms with Crippen LogP contribution in [0.15, 0.2) is 76.8 Å². The molecule has 6 heteroatoms. The average molecular weight is 496 g/mol. The van der Waals surface area contributed by atoms with Gasteiger partial charge in [0.2, 0.25) is 0 Å². The molecule has 31 heavy (non-hydrogen) atoms. The zero-order valence-electron chi connectivity index (χ0n) is 16.9. The van der Waals surface area contributed by atoms with Gasteiger partial charge in [0.15, 0.2) is 0 Å². The van der Waals surface area contributed by atoms with E-state index in [9.17, 15) is 10.1 Å². The number of benzene rings is 3. The highest BCUT2D eigenvalue weighted by atomic mass is 79.9. The molecule has 3 aromatic carbocycles. The molecule has 0 spiro atoms. The first-order valence-electron chi connectivity index (χ1n) is 9.68. The second-order valence-electron chi connectivity index (χ2n) is 6.74. The lowest BCUT2D eigenvalue weighted by atomic mass is 10.1. The maximum absolute atomic E-state index is 12.6. The molecule has 0 aromatic heterocycles. The second kappa shape index (κ2) is 10.8. The largest absolute Gasteiger partial charge is 0.488 e. The van der Waals surface area contributed by atoms with Gasteiger partial charge in [0.25, 0.3) is 5.91 Å². The Morgan fingerprint density at radius 2 is 1.97 bits per heavy atom. The molecule has 0 aliphatic rings. The zero-order chi connectivity index (χ0) is 22.2. The van der Waals surface area contributed by atoms with E-state index in [-0.39, 0.29) is 5.57 Å². The first-order chi connectivity index (χ1) is 15.0. The number of anilines is 1. The van der Waals surface area contributed by atoms with E-state index in [0.717, 1.165) is 22.0 Å². The third-order valence-electron chi connectivity index (χ3n) is 4.56. The van der Waals surface area contributed by atoms with Crippen molar-refractivity contribution >= 4 is 45.2 Å². The number of amides is 1. The first-order valence-corrected chi connectivity index (χ1v) is 10.8. The number of ether oxygens (including phenoxy) is 1. The van der Waals surface area contributed by atoms with Gasteiger partial charge in [-0.15, -0.1) is 0 Å². The summed E-state index contributed by atoms with van der Waals surface area (Å²) in [5.74, 6) is 0.206. The monoisotopic (exact) mass is 494 g/mol. The average Bonchev–Trinajstić information content (AvgIpc) is 2.77. The van der Waals surface area contributed by atoms with Crippen LogP contribution in [0.1, 0.15) is 23.6 Å². The van der Waals surface area contributed by atoms with Gasteiger partial charge in [0.1, 0.15) is 24.0 Å². The number of rotatable bonds is 7. The maximum atomic E-state index is 12.6.